The van der Waals surface area contributed by atoms with Crippen molar-refractivity contribution in [2.24, 2.45) is 0 Å². The van der Waals surface area contributed by atoms with Crippen molar-refractivity contribution in [2.75, 3.05) is 18.0 Å². The molecule has 0 bridgehead atoms. The number of carbonyl (C=O) groups excluding carboxylic acids is 2. The Morgan fingerprint density at radius 3 is 2.65 bits per heavy atom. The van der Waals surface area contributed by atoms with E-state index in [0.717, 1.165) is 11.3 Å². The smallest absolute Gasteiger partial charge is 0.264 e. The third-order valence-electron chi connectivity index (χ3n) is 4.52. The highest BCUT2D eigenvalue weighted by Gasteiger charge is 2.36. The molecule has 0 radical (unpaired) electrons. The van der Waals surface area contributed by atoms with Crippen molar-refractivity contribution in [3.05, 3.63) is 51.7 Å². The quantitative estimate of drug-likeness (QED) is 0.849. The van der Waals surface area contributed by atoms with Crippen LogP contribution < -0.4 is 4.90 Å². The Hall–Kier alpha value is -2.14. The van der Waals surface area contributed by atoms with Gasteiger partial charge in [0.2, 0.25) is 5.91 Å². The minimum Gasteiger partial charge on any atom is -0.324 e. The molecule has 1 aromatic heterocycles. The van der Waals surface area contributed by atoms with Gasteiger partial charge in [-0.15, -0.1) is 11.3 Å². The van der Waals surface area contributed by atoms with E-state index in [-0.39, 0.29) is 11.8 Å². The summed E-state index contributed by atoms with van der Waals surface area (Å²) in [7, 11) is 0. The summed E-state index contributed by atoms with van der Waals surface area (Å²) in [6, 6.07) is 9.21. The minimum atomic E-state index is -0.446. The molecule has 0 N–H and O–H groups in total. The molecule has 0 unspecified atom stereocenters. The fraction of sp³-hybridized carbons (Fsp3) is 0.333. The molecular weight excluding hydrogens is 308 g/mol. The number of piperazine rings is 1. The first-order chi connectivity index (χ1) is 11.0. The van der Waals surface area contributed by atoms with Crippen molar-refractivity contribution in [1.82, 2.24) is 4.90 Å². The third kappa shape index (κ3) is 2.77. The van der Waals surface area contributed by atoms with Crippen LogP contribution >= 0.6 is 11.3 Å². The summed E-state index contributed by atoms with van der Waals surface area (Å²) >= 11 is 1.41. The third-order valence-corrected chi connectivity index (χ3v) is 5.37. The van der Waals surface area contributed by atoms with Gasteiger partial charge in [0.15, 0.2) is 0 Å². The van der Waals surface area contributed by atoms with Gasteiger partial charge in [-0.3, -0.25) is 9.59 Å². The van der Waals surface area contributed by atoms with Crippen molar-refractivity contribution in [3.8, 4) is 0 Å². The molecular formula is C18H20N2O2S. The second-order valence-corrected chi connectivity index (χ2v) is 6.81. The van der Waals surface area contributed by atoms with Crippen molar-refractivity contribution in [3.63, 3.8) is 0 Å². The van der Waals surface area contributed by atoms with Crippen molar-refractivity contribution in [2.45, 2.75) is 26.8 Å². The highest BCUT2D eigenvalue weighted by atomic mass is 32.1. The van der Waals surface area contributed by atoms with Gasteiger partial charge in [0.1, 0.15) is 6.04 Å². The van der Waals surface area contributed by atoms with Gasteiger partial charge in [-0.2, -0.15) is 0 Å². The van der Waals surface area contributed by atoms with E-state index in [1.54, 1.807) is 11.0 Å². The van der Waals surface area contributed by atoms with Gasteiger partial charge in [-0.25, -0.2) is 0 Å². The molecule has 1 saturated heterocycles. The highest BCUT2D eigenvalue weighted by Crippen LogP contribution is 2.27. The van der Waals surface area contributed by atoms with E-state index in [0.29, 0.717) is 18.0 Å². The number of amides is 2. The maximum absolute atomic E-state index is 12.8. The maximum Gasteiger partial charge on any atom is 0.264 e. The zero-order chi connectivity index (χ0) is 16.6. The summed E-state index contributed by atoms with van der Waals surface area (Å²) in [4.78, 5) is 29.5. The van der Waals surface area contributed by atoms with E-state index in [1.165, 1.54) is 16.9 Å². The van der Waals surface area contributed by atoms with Crippen molar-refractivity contribution in [1.29, 1.82) is 0 Å². The molecule has 4 nitrogen and oxygen atoms in total. The standard InChI is InChI=1S/C18H20N2O2S/c1-12-6-4-7-15(13(12)2)20-10-9-19(14(3)17(20)21)18(22)16-8-5-11-23-16/h4-8,11,14H,9-10H2,1-3H3/t14-/m0/s1. The van der Waals surface area contributed by atoms with Crippen LogP contribution in [0.5, 0.6) is 0 Å². The first-order valence-corrected chi connectivity index (χ1v) is 8.60. The van der Waals surface area contributed by atoms with Crippen LogP contribution in [0.3, 0.4) is 0 Å². The maximum atomic E-state index is 12.8. The fourth-order valence-electron chi connectivity index (χ4n) is 2.96. The molecule has 2 aromatic rings. The van der Waals surface area contributed by atoms with Gasteiger partial charge in [-0.05, 0) is 49.4 Å². The molecule has 120 valence electrons. The van der Waals surface area contributed by atoms with E-state index >= 15 is 0 Å². The fourth-order valence-corrected chi connectivity index (χ4v) is 3.64. The van der Waals surface area contributed by atoms with Crippen LogP contribution in [0.2, 0.25) is 0 Å². The molecule has 0 spiro atoms. The van der Waals surface area contributed by atoms with Gasteiger partial charge >= 0.3 is 0 Å². The van der Waals surface area contributed by atoms with Crippen molar-refractivity contribution >= 4 is 28.8 Å². The summed E-state index contributed by atoms with van der Waals surface area (Å²) in [6.45, 7) is 6.97. The van der Waals surface area contributed by atoms with Crippen LogP contribution in [0.1, 0.15) is 27.7 Å². The zero-order valence-corrected chi connectivity index (χ0v) is 14.4. The van der Waals surface area contributed by atoms with E-state index in [9.17, 15) is 9.59 Å². The van der Waals surface area contributed by atoms with Crippen LogP contribution in [0.4, 0.5) is 5.69 Å². The van der Waals surface area contributed by atoms with Gasteiger partial charge in [0.25, 0.3) is 5.91 Å². The Labute approximate surface area is 140 Å². The highest BCUT2D eigenvalue weighted by molar-refractivity contribution is 7.12. The number of aryl methyl sites for hydroxylation is 1. The number of benzene rings is 1. The van der Waals surface area contributed by atoms with Gasteiger partial charge in [0.05, 0.1) is 4.88 Å². The Bertz CT molecular complexity index is 739. The SMILES string of the molecule is Cc1cccc(N2CCN(C(=O)c3cccs3)[C@@H](C)C2=O)c1C. The summed E-state index contributed by atoms with van der Waals surface area (Å²) in [6.07, 6.45) is 0. The number of thiophene rings is 1. The first-order valence-electron chi connectivity index (χ1n) is 7.72. The number of nitrogens with zero attached hydrogens (tertiary/aromatic N) is 2. The molecule has 2 amide bonds. The van der Waals surface area contributed by atoms with E-state index in [4.69, 9.17) is 0 Å². The molecule has 2 heterocycles. The molecule has 3 rings (SSSR count). The van der Waals surface area contributed by atoms with Gasteiger partial charge < -0.3 is 9.80 Å². The van der Waals surface area contributed by atoms with E-state index in [1.807, 2.05) is 55.3 Å². The average Bonchev–Trinajstić information content (AvgIpc) is 3.07. The van der Waals surface area contributed by atoms with Gasteiger partial charge in [0, 0.05) is 18.8 Å². The largest absolute Gasteiger partial charge is 0.324 e. The topological polar surface area (TPSA) is 40.6 Å². The van der Waals surface area contributed by atoms with Crippen molar-refractivity contribution < 1.29 is 9.59 Å². The summed E-state index contributed by atoms with van der Waals surface area (Å²) in [5, 5.41) is 1.88. The Kier molecular flexibility index (Phi) is 4.22. The lowest BCUT2D eigenvalue weighted by atomic mass is 10.0. The second-order valence-electron chi connectivity index (χ2n) is 5.86. The monoisotopic (exact) mass is 328 g/mol. The van der Waals surface area contributed by atoms with E-state index < -0.39 is 6.04 Å². The Balaban J connectivity index is 1.84. The minimum absolute atomic E-state index is 0.0187. The molecule has 0 saturated carbocycles. The molecule has 1 atom stereocenters. The number of carbonyl (C=O) groups is 2. The van der Waals surface area contributed by atoms with Crippen LogP contribution in [0.25, 0.3) is 0 Å². The van der Waals surface area contributed by atoms with Crippen LogP contribution in [0.15, 0.2) is 35.7 Å². The molecule has 0 aliphatic carbocycles. The first kappa shape index (κ1) is 15.7. The lowest BCUT2D eigenvalue weighted by Crippen LogP contribution is -2.57. The number of rotatable bonds is 2. The Morgan fingerprint density at radius 2 is 1.96 bits per heavy atom. The summed E-state index contributed by atoms with van der Waals surface area (Å²) in [5.74, 6) is -0.0729. The van der Waals surface area contributed by atoms with Crippen LogP contribution in [-0.2, 0) is 4.79 Å². The molecule has 1 aliphatic rings. The van der Waals surface area contributed by atoms with Crippen LogP contribution in [0, 0.1) is 13.8 Å². The molecule has 1 fully saturated rings. The number of anilines is 1. The molecule has 1 aromatic carbocycles. The van der Waals surface area contributed by atoms with Crippen LogP contribution in [-0.4, -0.2) is 35.8 Å². The zero-order valence-electron chi connectivity index (χ0n) is 13.6. The Morgan fingerprint density at radius 1 is 1.17 bits per heavy atom. The lowest BCUT2D eigenvalue weighted by molar-refractivity contribution is -0.124. The van der Waals surface area contributed by atoms with Gasteiger partial charge in [-0.1, -0.05) is 18.2 Å². The average molecular weight is 328 g/mol. The second kappa shape index (κ2) is 6.16. The predicted molar refractivity (Wildman–Crippen MR) is 93.1 cm³/mol. The number of hydrogen-bond acceptors (Lipinski definition) is 3. The predicted octanol–water partition coefficient (Wildman–Crippen LogP) is 3.24. The summed E-state index contributed by atoms with van der Waals surface area (Å²) < 4.78 is 0. The molecule has 5 heteroatoms. The van der Waals surface area contributed by atoms with E-state index in [2.05, 4.69) is 0 Å². The number of hydrogen-bond donors (Lipinski definition) is 0. The summed E-state index contributed by atoms with van der Waals surface area (Å²) in [5.41, 5.74) is 3.23. The lowest BCUT2D eigenvalue weighted by Gasteiger charge is -2.39. The molecule has 23 heavy (non-hydrogen) atoms. The molecule has 1 aliphatic heterocycles. The normalized spacial score (nSPS) is 18.4.